The average Bonchev–Trinajstić information content (AvgIpc) is 2.80. The highest BCUT2D eigenvalue weighted by Crippen LogP contribution is 2.38. The molecule has 29 heavy (non-hydrogen) atoms. The number of hydrogen-bond donors (Lipinski definition) is 0. The molecule has 0 spiro atoms. The summed E-state index contributed by atoms with van der Waals surface area (Å²) in [5.74, 6) is 1.47. The monoisotopic (exact) mass is 382 g/mol. The Kier molecular flexibility index (Phi) is 5.43. The van der Waals surface area contributed by atoms with E-state index < -0.39 is 0 Å². The van der Waals surface area contributed by atoms with Gasteiger partial charge >= 0.3 is 0 Å². The lowest BCUT2D eigenvalue weighted by molar-refractivity contribution is 0.395. The summed E-state index contributed by atoms with van der Waals surface area (Å²) in [6.45, 7) is 0. The normalized spacial score (nSPS) is 10.4. The van der Waals surface area contributed by atoms with Gasteiger partial charge in [-0.2, -0.15) is 0 Å². The van der Waals surface area contributed by atoms with Crippen LogP contribution in [0.15, 0.2) is 97.2 Å². The van der Waals surface area contributed by atoms with Crippen molar-refractivity contribution in [1.82, 2.24) is 4.98 Å². The number of methoxy groups -OCH3 is 2. The van der Waals surface area contributed by atoms with Gasteiger partial charge in [-0.15, -0.1) is 0 Å². The first kappa shape index (κ1) is 18.6. The smallest absolute Gasteiger partial charge is 0.131 e. The second kappa shape index (κ2) is 8.48. The summed E-state index contributed by atoms with van der Waals surface area (Å²) < 4.78 is 10.9. The highest BCUT2D eigenvalue weighted by molar-refractivity contribution is 5.79. The van der Waals surface area contributed by atoms with Gasteiger partial charge in [0.2, 0.25) is 0 Å². The first-order valence-corrected chi connectivity index (χ1v) is 9.39. The first-order chi connectivity index (χ1) is 14.3. The van der Waals surface area contributed by atoms with Gasteiger partial charge in [0.1, 0.15) is 11.5 Å². The third kappa shape index (κ3) is 3.92. The Labute approximate surface area is 171 Å². The molecule has 0 unspecified atom stereocenters. The van der Waals surface area contributed by atoms with Crippen molar-refractivity contribution in [2.45, 2.75) is 0 Å². The molecule has 0 bridgehead atoms. The number of nitrogens with zero attached hydrogens (tertiary/aromatic N) is 2. The molecule has 0 saturated carbocycles. The molecular formula is C25H22N2O2. The van der Waals surface area contributed by atoms with E-state index in [9.17, 15) is 0 Å². The van der Waals surface area contributed by atoms with Crippen molar-refractivity contribution in [2.24, 2.45) is 0 Å². The SMILES string of the molecule is COc1ccc(-c2cc(N(c3ccccc3)c3ccccc3)ccn2)c(OC)c1. The van der Waals surface area contributed by atoms with Gasteiger partial charge in [-0.25, -0.2) is 0 Å². The molecule has 4 heteroatoms. The number of ether oxygens (including phenoxy) is 2. The maximum atomic E-state index is 5.58. The molecule has 144 valence electrons. The Bertz CT molecular complexity index is 1040. The zero-order valence-electron chi connectivity index (χ0n) is 16.4. The van der Waals surface area contributed by atoms with Gasteiger partial charge < -0.3 is 14.4 Å². The van der Waals surface area contributed by atoms with Crippen molar-refractivity contribution in [2.75, 3.05) is 19.1 Å². The van der Waals surface area contributed by atoms with E-state index >= 15 is 0 Å². The van der Waals surface area contributed by atoms with Crippen LogP contribution in [0.25, 0.3) is 11.3 Å². The van der Waals surface area contributed by atoms with Crippen LogP contribution in [0.4, 0.5) is 17.1 Å². The standard InChI is InChI=1S/C25H22N2O2/c1-28-22-13-14-23(25(18-22)29-2)24-17-21(15-16-26-24)27(19-9-5-3-6-10-19)20-11-7-4-8-12-20/h3-18H,1-2H3. The lowest BCUT2D eigenvalue weighted by atomic mass is 10.1. The van der Waals surface area contributed by atoms with Crippen molar-refractivity contribution in [1.29, 1.82) is 0 Å². The number of hydrogen-bond acceptors (Lipinski definition) is 4. The van der Waals surface area contributed by atoms with Crippen molar-refractivity contribution in [3.63, 3.8) is 0 Å². The number of anilines is 3. The zero-order valence-corrected chi connectivity index (χ0v) is 16.4. The topological polar surface area (TPSA) is 34.6 Å². The van der Waals surface area contributed by atoms with Gasteiger partial charge in [0.25, 0.3) is 0 Å². The quantitative estimate of drug-likeness (QED) is 0.396. The van der Waals surface area contributed by atoms with E-state index in [4.69, 9.17) is 9.47 Å². The number of aromatic nitrogens is 1. The Morgan fingerprint density at radius 3 is 1.90 bits per heavy atom. The summed E-state index contributed by atoms with van der Waals surface area (Å²) in [4.78, 5) is 6.81. The lowest BCUT2D eigenvalue weighted by Gasteiger charge is -2.25. The molecule has 4 aromatic rings. The molecule has 0 N–H and O–H groups in total. The third-order valence-corrected chi connectivity index (χ3v) is 4.72. The summed E-state index contributed by atoms with van der Waals surface area (Å²) >= 11 is 0. The van der Waals surface area contributed by atoms with Gasteiger partial charge in [-0.3, -0.25) is 4.98 Å². The number of benzene rings is 3. The van der Waals surface area contributed by atoms with Crippen LogP contribution in [0.3, 0.4) is 0 Å². The van der Waals surface area contributed by atoms with Crippen LogP contribution in [-0.2, 0) is 0 Å². The van der Waals surface area contributed by atoms with Crippen molar-refractivity contribution < 1.29 is 9.47 Å². The van der Waals surface area contributed by atoms with Gasteiger partial charge in [0.05, 0.1) is 19.9 Å². The van der Waals surface area contributed by atoms with E-state index in [0.717, 1.165) is 39.8 Å². The molecule has 0 fully saturated rings. The van der Waals surface area contributed by atoms with Crippen LogP contribution in [0.5, 0.6) is 11.5 Å². The second-order valence-corrected chi connectivity index (χ2v) is 6.47. The molecule has 0 radical (unpaired) electrons. The van der Waals surface area contributed by atoms with E-state index in [1.165, 1.54) is 0 Å². The maximum Gasteiger partial charge on any atom is 0.131 e. The van der Waals surface area contributed by atoms with Gasteiger partial charge in [0, 0.05) is 34.9 Å². The van der Waals surface area contributed by atoms with Crippen LogP contribution in [0.1, 0.15) is 0 Å². The van der Waals surface area contributed by atoms with Crippen molar-refractivity contribution in [3.05, 3.63) is 97.2 Å². The number of rotatable bonds is 6. The molecule has 0 aliphatic heterocycles. The van der Waals surface area contributed by atoms with Crippen LogP contribution in [-0.4, -0.2) is 19.2 Å². The van der Waals surface area contributed by atoms with Crippen molar-refractivity contribution in [3.8, 4) is 22.8 Å². The second-order valence-electron chi connectivity index (χ2n) is 6.47. The van der Waals surface area contributed by atoms with Gasteiger partial charge in [-0.05, 0) is 48.5 Å². The van der Waals surface area contributed by atoms with E-state index in [-0.39, 0.29) is 0 Å². The Morgan fingerprint density at radius 2 is 1.31 bits per heavy atom. The van der Waals surface area contributed by atoms with E-state index in [1.807, 2.05) is 66.9 Å². The zero-order chi connectivity index (χ0) is 20.1. The minimum absolute atomic E-state index is 0.722. The van der Waals surface area contributed by atoms with Crippen molar-refractivity contribution >= 4 is 17.1 Å². The summed E-state index contributed by atoms with van der Waals surface area (Å²) in [7, 11) is 3.30. The fraction of sp³-hybridized carbons (Fsp3) is 0.0800. The van der Waals surface area contributed by atoms with Crippen LogP contribution < -0.4 is 14.4 Å². The Hall–Kier alpha value is -3.79. The molecule has 1 aromatic heterocycles. The highest BCUT2D eigenvalue weighted by Gasteiger charge is 2.15. The highest BCUT2D eigenvalue weighted by atomic mass is 16.5. The molecule has 0 atom stereocenters. The van der Waals surface area contributed by atoms with Gasteiger partial charge in [-0.1, -0.05) is 36.4 Å². The Morgan fingerprint density at radius 1 is 0.655 bits per heavy atom. The molecule has 0 saturated heterocycles. The minimum atomic E-state index is 0.722. The molecule has 4 nitrogen and oxygen atoms in total. The minimum Gasteiger partial charge on any atom is -0.497 e. The summed E-state index contributed by atoms with van der Waals surface area (Å²) in [5, 5.41) is 0. The van der Waals surface area contributed by atoms with Crippen LogP contribution in [0.2, 0.25) is 0 Å². The molecule has 3 aromatic carbocycles. The predicted octanol–water partition coefficient (Wildman–Crippen LogP) is 6.24. The number of para-hydroxylation sites is 2. The largest absolute Gasteiger partial charge is 0.497 e. The summed E-state index contributed by atoms with van der Waals surface area (Å²) in [6, 6.07) is 30.4. The maximum absolute atomic E-state index is 5.58. The van der Waals surface area contributed by atoms with Crippen LogP contribution in [0, 0.1) is 0 Å². The third-order valence-electron chi connectivity index (χ3n) is 4.72. The fourth-order valence-electron chi connectivity index (χ4n) is 3.32. The molecule has 0 aliphatic carbocycles. The molecule has 0 amide bonds. The average molecular weight is 382 g/mol. The number of pyridine rings is 1. The lowest BCUT2D eigenvalue weighted by Crippen LogP contribution is -2.10. The summed E-state index contributed by atoms with van der Waals surface area (Å²) in [6.07, 6.45) is 1.83. The predicted molar refractivity (Wildman–Crippen MR) is 117 cm³/mol. The summed E-state index contributed by atoms with van der Waals surface area (Å²) in [5.41, 5.74) is 4.93. The van der Waals surface area contributed by atoms with E-state index in [2.05, 4.69) is 40.2 Å². The van der Waals surface area contributed by atoms with Gasteiger partial charge in [0.15, 0.2) is 0 Å². The molecule has 0 aliphatic rings. The fourth-order valence-corrected chi connectivity index (χ4v) is 3.32. The molecular weight excluding hydrogens is 360 g/mol. The first-order valence-electron chi connectivity index (χ1n) is 9.39. The van der Waals surface area contributed by atoms with E-state index in [1.54, 1.807) is 14.2 Å². The molecule has 4 rings (SSSR count). The molecule has 1 heterocycles. The Balaban J connectivity index is 1.83. The van der Waals surface area contributed by atoms with Crippen LogP contribution >= 0.6 is 0 Å². The van der Waals surface area contributed by atoms with E-state index in [0.29, 0.717) is 0 Å².